The summed E-state index contributed by atoms with van der Waals surface area (Å²) in [6.07, 6.45) is 0.902. The van der Waals surface area contributed by atoms with Gasteiger partial charge in [0.25, 0.3) is 0 Å². The van der Waals surface area contributed by atoms with Crippen LogP contribution in [0.3, 0.4) is 0 Å². The van der Waals surface area contributed by atoms with E-state index in [1.807, 2.05) is 26.0 Å². The maximum absolute atomic E-state index is 9.05. The van der Waals surface area contributed by atoms with Crippen molar-refractivity contribution in [2.75, 3.05) is 13.7 Å². The van der Waals surface area contributed by atoms with Crippen LogP contribution in [0.15, 0.2) is 12.1 Å². The second-order valence-corrected chi connectivity index (χ2v) is 3.81. The number of nitrogens with one attached hydrogen (secondary N) is 1. The topological polar surface area (TPSA) is 54.4 Å². The highest BCUT2D eigenvalue weighted by atomic mass is 16.5. The maximum atomic E-state index is 9.05. The molecule has 0 aliphatic heterocycles. The second kappa shape index (κ2) is 6.45. The van der Waals surface area contributed by atoms with Gasteiger partial charge in [0.1, 0.15) is 5.75 Å². The number of aliphatic hydroxyl groups is 1. The van der Waals surface area contributed by atoms with Crippen molar-refractivity contribution >= 4 is 0 Å². The van der Waals surface area contributed by atoms with Gasteiger partial charge in [-0.2, -0.15) is 0 Å². The van der Waals surface area contributed by atoms with Gasteiger partial charge in [0.15, 0.2) is 0 Å². The van der Waals surface area contributed by atoms with Gasteiger partial charge >= 0.3 is 0 Å². The quantitative estimate of drug-likeness (QED) is 0.764. The van der Waals surface area contributed by atoms with E-state index >= 15 is 0 Å². The van der Waals surface area contributed by atoms with Crippen molar-refractivity contribution in [2.45, 2.75) is 32.9 Å². The molecular weight excluding hydrogens is 204 g/mol. The largest absolute Gasteiger partial charge is 0.497 e. The Balaban J connectivity index is 2.62. The number of aliphatic hydroxyl groups excluding tert-OH is 1. The summed E-state index contributed by atoms with van der Waals surface area (Å²) in [5.74, 6) is 0.821. The molecule has 0 aromatic carbocycles. The second-order valence-electron chi connectivity index (χ2n) is 3.81. The van der Waals surface area contributed by atoms with Crippen molar-refractivity contribution in [2.24, 2.45) is 0 Å². The van der Waals surface area contributed by atoms with E-state index < -0.39 is 0 Å². The molecular formula is C12H20N2O2. The number of hydrogen-bond donors (Lipinski definition) is 2. The molecule has 0 aliphatic carbocycles. The van der Waals surface area contributed by atoms with Gasteiger partial charge in [-0.05, 0) is 13.3 Å². The summed E-state index contributed by atoms with van der Waals surface area (Å²) in [6, 6.07) is 3.94. The van der Waals surface area contributed by atoms with Gasteiger partial charge in [0.2, 0.25) is 0 Å². The standard InChI is InChI=1S/C12H20N2O2/c1-4-10(8-15)13-7-11-6-12(16-3)5-9(2)14-11/h5-6,10,13,15H,4,7-8H2,1-3H3/t10-/m1/s1. The average Bonchev–Trinajstić information content (AvgIpc) is 2.29. The zero-order valence-corrected chi connectivity index (χ0v) is 10.2. The molecule has 1 heterocycles. The summed E-state index contributed by atoms with van der Waals surface area (Å²) in [5, 5.41) is 12.3. The fourth-order valence-electron chi connectivity index (χ4n) is 1.50. The van der Waals surface area contributed by atoms with E-state index in [1.165, 1.54) is 0 Å². The molecule has 0 fully saturated rings. The monoisotopic (exact) mass is 224 g/mol. The van der Waals surface area contributed by atoms with E-state index in [0.29, 0.717) is 6.54 Å². The van der Waals surface area contributed by atoms with Gasteiger partial charge in [-0.25, -0.2) is 0 Å². The molecule has 1 rings (SSSR count). The zero-order chi connectivity index (χ0) is 12.0. The van der Waals surface area contributed by atoms with Crippen molar-refractivity contribution in [3.8, 4) is 5.75 Å². The molecule has 0 aliphatic rings. The van der Waals surface area contributed by atoms with Gasteiger partial charge in [0, 0.05) is 30.4 Å². The fraction of sp³-hybridized carbons (Fsp3) is 0.583. The van der Waals surface area contributed by atoms with Gasteiger partial charge in [-0.1, -0.05) is 6.92 Å². The molecule has 0 saturated carbocycles. The van der Waals surface area contributed by atoms with Crippen LogP contribution in [-0.2, 0) is 6.54 Å². The van der Waals surface area contributed by atoms with Crippen LogP contribution in [0.1, 0.15) is 24.7 Å². The molecule has 90 valence electrons. The van der Waals surface area contributed by atoms with Crippen molar-refractivity contribution < 1.29 is 9.84 Å². The Hall–Kier alpha value is -1.13. The van der Waals surface area contributed by atoms with Gasteiger partial charge in [0.05, 0.1) is 19.4 Å². The molecule has 4 heteroatoms. The summed E-state index contributed by atoms with van der Waals surface area (Å²) < 4.78 is 5.18. The van der Waals surface area contributed by atoms with Crippen LogP contribution in [0.5, 0.6) is 5.75 Å². The van der Waals surface area contributed by atoms with Crippen LogP contribution in [0.4, 0.5) is 0 Å². The smallest absolute Gasteiger partial charge is 0.122 e. The maximum Gasteiger partial charge on any atom is 0.122 e. The summed E-state index contributed by atoms with van der Waals surface area (Å²) >= 11 is 0. The molecule has 16 heavy (non-hydrogen) atoms. The van der Waals surface area contributed by atoms with Crippen LogP contribution in [0.2, 0.25) is 0 Å². The van der Waals surface area contributed by atoms with E-state index in [4.69, 9.17) is 9.84 Å². The van der Waals surface area contributed by atoms with Crippen LogP contribution < -0.4 is 10.1 Å². The van der Waals surface area contributed by atoms with Gasteiger partial charge in [-0.15, -0.1) is 0 Å². The lowest BCUT2D eigenvalue weighted by atomic mass is 10.2. The number of rotatable bonds is 6. The van der Waals surface area contributed by atoms with E-state index in [9.17, 15) is 0 Å². The highest BCUT2D eigenvalue weighted by Gasteiger charge is 2.05. The highest BCUT2D eigenvalue weighted by Crippen LogP contribution is 2.13. The van der Waals surface area contributed by atoms with Crippen molar-refractivity contribution in [3.05, 3.63) is 23.5 Å². The molecule has 0 bridgehead atoms. The summed E-state index contributed by atoms with van der Waals surface area (Å²) in [7, 11) is 1.65. The number of ether oxygens (including phenoxy) is 1. The summed E-state index contributed by atoms with van der Waals surface area (Å²) in [4.78, 5) is 4.40. The SMILES string of the molecule is CC[C@H](CO)NCc1cc(OC)cc(C)n1. The van der Waals surface area contributed by atoms with Crippen LogP contribution >= 0.6 is 0 Å². The molecule has 1 atom stereocenters. The number of hydrogen-bond acceptors (Lipinski definition) is 4. The minimum atomic E-state index is 0.133. The van der Waals surface area contributed by atoms with Crippen molar-refractivity contribution in [1.82, 2.24) is 10.3 Å². The van der Waals surface area contributed by atoms with Crippen LogP contribution in [-0.4, -0.2) is 29.8 Å². The molecule has 0 saturated heterocycles. The minimum Gasteiger partial charge on any atom is -0.497 e. The molecule has 0 amide bonds. The number of aryl methyl sites for hydroxylation is 1. The molecule has 0 unspecified atom stereocenters. The third-order valence-corrected chi connectivity index (χ3v) is 2.50. The first kappa shape index (κ1) is 12.9. The molecule has 0 spiro atoms. The van der Waals surface area contributed by atoms with Gasteiger partial charge < -0.3 is 15.2 Å². The van der Waals surface area contributed by atoms with E-state index in [2.05, 4.69) is 10.3 Å². The molecule has 0 radical (unpaired) electrons. The fourth-order valence-corrected chi connectivity index (χ4v) is 1.50. The Kier molecular flexibility index (Phi) is 5.22. The number of aromatic nitrogens is 1. The first-order chi connectivity index (χ1) is 7.69. The van der Waals surface area contributed by atoms with E-state index in [1.54, 1.807) is 7.11 Å². The molecule has 1 aromatic heterocycles. The Labute approximate surface area is 96.7 Å². The van der Waals surface area contributed by atoms with Crippen molar-refractivity contribution in [3.63, 3.8) is 0 Å². The highest BCUT2D eigenvalue weighted by molar-refractivity contribution is 5.26. The van der Waals surface area contributed by atoms with Crippen LogP contribution in [0.25, 0.3) is 0 Å². The lowest BCUT2D eigenvalue weighted by Crippen LogP contribution is -2.31. The first-order valence-corrected chi connectivity index (χ1v) is 5.55. The van der Waals surface area contributed by atoms with E-state index in [-0.39, 0.29) is 12.6 Å². The van der Waals surface area contributed by atoms with Crippen molar-refractivity contribution in [1.29, 1.82) is 0 Å². The number of methoxy groups -OCH3 is 1. The number of pyridine rings is 1. The molecule has 4 nitrogen and oxygen atoms in total. The lowest BCUT2D eigenvalue weighted by Gasteiger charge is -2.14. The lowest BCUT2D eigenvalue weighted by molar-refractivity contribution is 0.238. The predicted octanol–water partition coefficient (Wildman–Crippen LogP) is 1.26. The predicted molar refractivity (Wildman–Crippen MR) is 63.5 cm³/mol. The molecule has 1 aromatic rings. The summed E-state index contributed by atoms with van der Waals surface area (Å²) in [6.45, 7) is 4.78. The Morgan fingerprint density at radius 1 is 1.50 bits per heavy atom. The van der Waals surface area contributed by atoms with Gasteiger partial charge in [-0.3, -0.25) is 4.98 Å². The molecule has 2 N–H and O–H groups in total. The van der Waals surface area contributed by atoms with E-state index in [0.717, 1.165) is 23.6 Å². The Morgan fingerprint density at radius 2 is 2.25 bits per heavy atom. The summed E-state index contributed by atoms with van der Waals surface area (Å²) in [5.41, 5.74) is 1.87. The first-order valence-electron chi connectivity index (χ1n) is 5.55. The normalized spacial score (nSPS) is 12.5. The Bertz CT molecular complexity index is 325. The Morgan fingerprint density at radius 3 is 2.81 bits per heavy atom. The third kappa shape index (κ3) is 3.79. The minimum absolute atomic E-state index is 0.133. The zero-order valence-electron chi connectivity index (χ0n) is 10.2. The average molecular weight is 224 g/mol. The van der Waals surface area contributed by atoms with Crippen LogP contribution in [0, 0.1) is 6.92 Å². The third-order valence-electron chi connectivity index (χ3n) is 2.50. The number of nitrogens with zero attached hydrogens (tertiary/aromatic N) is 1.